The summed E-state index contributed by atoms with van der Waals surface area (Å²) in [7, 11) is 0. The van der Waals surface area contributed by atoms with Crippen molar-refractivity contribution in [3.05, 3.63) is 29.1 Å². The fraction of sp³-hybridized carbons (Fsp3) is 0.500. The Bertz CT molecular complexity index is 491. The lowest BCUT2D eigenvalue weighted by atomic mass is 10.1. The van der Waals surface area contributed by atoms with Gasteiger partial charge in [0.1, 0.15) is 17.5 Å². The van der Waals surface area contributed by atoms with Gasteiger partial charge in [0.25, 0.3) is 0 Å². The number of nitrogens with one attached hydrogen (secondary N) is 1. The second-order valence-electron chi connectivity index (χ2n) is 5.66. The summed E-state index contributed by atoms with van der Waals surface area (Å²) in [6.07, 6.45) is 0.345. The molecular weight excluding hydrogens is 233 g/mol. The van der Waals surface area contributed by atoms with Crippen LogP contribution in [0.25, 0.3) is 0 Å². The molecule has 1 aliphatic heterocycles. The quantitative estimate of drug-likeness (QED) is 0.780. The first-order valence-corrected chi connectivity index (χ1v) is 6.05. The summed E-state index contributed by atoms with van der Waals surface area (Å²) in [5, 5.41) is 3.01. The third-order valence-corrected chi connectivity index (χ3v) is 2.87. The first kappa shape index (κ1) is 12.9. The molecule has 1 N–H and O–H groups in total. The normalized spacial score (nSPS) is 18.2. The molecule has 0 aromatic heterocycles. The van der Waals surface area contributed by atoms with Gasteiger partial charge in [0, 0.05) is 17.7 Å². The second-order valence-corrected chi connectivity index (χ2v) is 5.66. The fourth-order valence-electron chi connectivity index (χ4n) is 2.03. The monoisotopic (exact) mass is 251 g/mol. The van der Waals surface area contributed by atoms with Crippen LogP contribution in [-0.2, 0) is 16.0 Å². The van der Waals surface area contributed by atoms with Gasteiger partial charge in [-0.25, -0.2) is 9.18 Å². The third kappa shape index (κ3) is 2.47. The minimum absolute atomic E-state index is 0.231. The van der Waals surface area contributed by atoms with Crippen LogP contribution in [-0.4, -0.2) is 17.6 Å². The van der Waals surface area contributed by atoms with E-state index in [1.165, 1.54) is 0 Å². The van der Waals surface area contributed by atoms with E-state index in [0.29, 0.717) is 23.2 Å². The van der Waals surface area contributed by atoms with Crippen LogP contribution in [0.2, 0.25) is 0 Å². The number of anilines is 1. The maximum Gasteiger partial charge on any atom is 0.329 e. The molecule has 18 heavy (non-hydrogen) atoms. The molecular formula is C14H18FNO2. The predicted octanol–water partition coefficient (Wildman–Crippen LogP) is 2.81. The number of hydrogen-bond acceptors (Lipinski definition) is 3. The van der Waals surface area contributed by atoms with Crippen LogP contribution in [0.1, 0.15) is 31.9 Å². The number of halogens is 1. The first-order chi connectivity index (χ1) is 8.28. The second kappa shape index (κ2) is 4.26. The van der Waals surface area contributed by atoms with Gasteiger partial charge in [-0.1, -0.05) is 6.07 Å². The van der Waals surface area contributed by atoms with E-state index in [1.807, 2.05) is 20.8 Å². The van der Waals surface area contributed by atoms with Crippen molar-refractivity contribution in [1.29, 1.82) is 0 Å². The molecule has 1 aromatic carbocycles. The Morgan fingerprint density at radius 2 is 2.11 bits per heavy atom. The third-order valence-electron chi connectivity index (χ3n) is 2.87. The Hall–Kier alpha value is -1.58. The molecule has 0 bridgehead atoms. The van der Waals surface area contributed by atoms with Crippen molar-refractivity contribution in [1.82, 2.24) is 0 Å². The lowest BCUT2D eigenvalue weighted by Crippen LogP contribution is -2.35. The Kier molecular flexibility index (Phi) is 3.05. The van der Waals surface area contributed by atoms with Crippen LogP contribution in [0.3, 0.4) is 0 Å². The largest absolute Gasteiger partial charge is 0.458 e. The molecule has 3 nitrogen and oxygen atoms in total. The maximum absolute atomic E-state index is 13.9. The van der Waals surface area contributed by atoms with Crippen molar-refractivity contribution >= 4 is 11.7 Å². The van der Waals surface area contributed by atoms with Gasteiger partial charge < -0.3 is 10.1 Å². The van der Waals surface area contributed by atoms with E-state index < -0.39 is 11.6 Å². The summed E-state index contributed by atoms with van der Waals surface area (Å²) in [4.78, 5) is 11.9. The van der Waals surface area contributed by atoms with E-state index in [2.05, 4.69) is 5.32 Å². The van der Waals surface area contributed by atoms with Crippen LogP contribution in [0.5, 0.6) is 0 Å². The highest BCUT2D eigenvalue weighted by Gasteiger charge is 2.32. The van der Waals surface area contributed by atoms with Crippen LogP contribution in [0, 0.1) is 12.7 Å². The number of esters is 1. The van der Waals surface area contributed by atoms with Crippen LogP contribution in [0.15, 0.2) is 12.1 Å². The van der Waals surface area contributed by atoms with Crippen LogP contribution >= 0.6 is 0 Å². The molecule has 0 saturated heterocycles. The average molecular weight is 251 g/mol. The summed E-state index contributed by atoms with van der Waals surface area (Å²) in [5.74, 6) is -0.568. The van der Waals surface area contributed by atoms with E-state index in [-0.39, 0.29) is 11.8 Å². The maximum atomic E-state index is 13.9. The summed E-state index contributed by atoms with van der Waals surface area (Å²) in [6.45, 7) is 7.17. The molecule has 0 saturated carbocycles. The molecule has 1 aliphatic rings. The molecule has 4 heteroatoms. The number of fused-ring (bicyclic) bond motifs is 1. The van der Waals surface area contributed by atoms with E-state index in [4.69, 9.17) is 4.74 Å². The standard InChI is InChI=1S/C14H18FNO2/c1-8-5-6-10-9(12(8)15)7-11(16-10)13(17)18-14(2,3)4/h5-6,11,16H,7H2,1-4H3/t11-/m0/s1. The van der Waals surface area contributed by atoms with Crippen molar-refractivity contribution in [3.8, 4) is 0 Å². The number of ether oxygens (including phenoxy) is 1. The summed E-state index contributed by atoms with van der Waals surface area (Å²) in [5.41, 5.74) is 1.34. The Labute approximate surface area is 106 Å². The Balaban J connectivity index is 2.15. The Morgan fingerprint density at radius 1 is 1.44 bits per heavy atom. The zero-order valence-corrected chi connectivity index (χ0v) is 11.1. The molecule has 0 amide bonds. The lowest BCUT2D eigenvalue weighted by molar-refractivity contribution is -0.155. The molecule has 0 spiro atoms. The van der Waals surface area contributed by atoms with Gasteiger partial charge in [-0.15, -0.1) is 0 Å². The van der Waals surface area contributed by atoms with Gasteiger partial charge in [0.05, 0.1) is 0 Å². The molecule has 1 atom stereocenters. The van der Waals surface area contributed by atoms with E-state index in [9.17, 15) is 9.18 Å². The molecule has 1 heterocycles. The molecule has 0 aliphatic carbocycles. The molecule has 0 fully saturated rings. The van der Waals surface area contributed by atoms with Crippen molar-refractivity contribution in [3.63, 3.8) is 0 Å². The van der Waals surface area contributed by atoms with E-state index in [0.717, 1.165) is 0 Å². The zero-order chi connectivity index (χ0) is 13.5. The predicted molar refractivity (Wildman–Crippen MR) is 68.1 cm³/mol. The molecule has 0 unspecified atom stereocenters. The highest BCUT2D eigenvalue weighted by molar-refractivity contribution is 5.83. The van der Waals surface area contributed by atoms with Gasteiger partial charge in [-0.2, -0.15) is 0 Å². The van der Waals surface area contributed by atoms with Crippen molar-refractivity contribution < 1.29 is 13.9 Å². The van der Waals surface area contributed by atoms with Crippen LogP contribution < -0.4 is 5.32 Å². The molecule has 0 radical (unpaired) electrons. The molecule has 2 rings (SSSR count). The van der Waals surface area contributed by atoms with Gasteiger partial charge in [-0.3, -0.25) is 0 Å². The van der Waals surface area contributed by atoms with Gasteiger partial charge >= 0.3 is 5.97 Å². The number of benzene rings is 1. The van der Waals surface area contributed by atoms with E-state index in [1.54, 1.807) is 19.1 Å². The van der Waals surface area contributed by atoms with Gasteiger partial charge in [-0.05, 0) is 39.3 Å². The number of rotatable bonds is 1. The zero-order valence-electron chi connectivity index (χ0n) is 11.1. The number of aryl methyl sites for hydroxylation is 1. The summed E-state index contributed by atoms with van der Waals surface area (Å²) < 4.78 is 19.2. The summed E-state index contributed by atoms with van der Waals surface area (Å²) >= 11 is 0. The van der Waals surface area contributed by atoms with Crippen molar-refractivity contribution in [2.75, 3.05) is 5.32 Å². The number of hydrogen-bond donors (Lipinski definition) is 1. The highest BCUT2D eigenvalue weighted by atomic mass is 19.1. The van der Waals surface area contributed by atoms with Gasteiger partial charge in [0.2, 0.25) is 0 Å². The van der Waals surface area contributed by atoms with Gasteiger partial charge in [0.15, 0.2) is 0 Å². The minimum Gasteiger partial charge on any atom is -0.458 e. The lowest BCUT2D eigenvalue weighted by Gasteiger charge is -2.22. The van der Waals surface area contributed by atoms with Crippen LogP contribution in [0.4, 0.5) is 10.1 Å². The SMILES string of the molecule is Cc1ccc2c(c1F)C[C@@H](C(=O)OC(C)(C)C)N2. The number of carbonyl (C=O) groups excluding carboxylic acids is 1. The van der Waals surface area contributed by atoms with Crippen molar-refractivity contribution in [2.45, 2.75) is 45.8 Å². The van der Waals surface area contributed by atoms with Crippen molar-refractivity contribution in [2.24, 2.45) is 0 Å². The van der Waals surface area contributed by atoms with E-state index >= 15 is 0 Å². The first-order valence-electron chi connectivity index (χ1n) is 6.05. The smallest absolute Gasteiger partial charge is 0.329 e. The highest BCUT2D eigenvalue weighted by Crippen LogP contribution is 2.30. The molecule has 98 valence electrons. The Morgan fingerprint density at radius 3 is 2.72 bits per heavy atom. The fourth-order valence-corrected chi connectivity index (χ4v) is 2.03. The minimum atomic E-state index is -0.526. The summed E-state index contributed by atoms with van der Waals surface area (Å²) in [6, 6.07) is 3.02. The average Bonchev–Trinajstić information content (AvgIpc) is 2.66. The topological polar surface area (TPSA) is 38.3 Å². The number of carbonyl (C=O) groups is 1. The molecule has 1 aromatic rings.